The Labute approximate surface area is 236 Å². The number of carbonyl (C=O) groups excluding carboxylic acids is 2. The summed E-state index contributed by atoms with van der Waals surface area (Å²) < 4.78 is 4.65. The van der Waals surface area contributed by atoms with Gasteiger partial charge in [0.25, 0.3) is 0 Å². The molecule has 7 N–H and O–H groups in total. The molecule has 0 aromatic heterocycles. The van der Waals surface area contributed by atoms with Crippen LogP contribution in [0.15, 0.2) is 0 Å². The molecule has 0 bridgehead atoms. The van der Waals surface area contributed by atoms with Crippen LogP contribution in [-0.2, 0) is 28.7 Å². The quantitative estimate of drug-likeness (QED) is 0.0671. The van der Waals surface area contributed by atoms with Gasteiger partial charge in [-0.1, -0.05) is 71.1 Å². The van der Waals surface area contributed by atoms with Crippen LogP contribution in [0.2, 0.25) is 0 Å². The van der Waals surface area contributed by atoms with Crippen molar-refractivity contribution in [2.24, 2.45) is 11.5 Å². The monoisotopic (exact) mass is 528 g/mol. The average Bonchev–Trinajstić information content (AvgIpc) is 2.79. The van der Waals surface area contributed by atoms with Gasteiger partial charge in [0.05, 0.1) is 0 Å². The zero-order chi connectivity index (χ0) is 27.1. The fourth-order valence-corrected chi connectivity index (χ4v) is 2.96. The molecule has 11 nitrogen and oxygen atoms in total. The zero-order valence-electron chi connectivity index (χ0n) is 20.9. The number of aliphatic carboxylic acids is 3. The van der Waals surface area contributed by atoms with Gasteiger partial charge in [-0.2, -0.15) is 0 Å². The van der Waals surface area contributed by atoms with Crippen LogP contribution in [0.4, 0.5) is 0 Å². The summed E-state index contributed by atoms with van der Waals surface area (Å²) in [5.41, 5.74) is 10.3. The van der Waals surface area contributed by atoms with Crippen molar-refractivity contribution in [2.75, 3.05) is 0 Å². The van der Waals surface area contributed by atoms with Gasteiger partial charge in [-0.25, -0.2) is 0 Å². The van der Waals surface area contributed by atoms with Crippen molar-refractivity contribution in [3.8, 4) is 0 Å². The molecule has 0 amide bonds. The third-order valence-electron chi connectivity index (χ3n) is 5.18. The molecule has 0 aliphatic heterocycles. The number of hydrogen-bond acceptors (Lipinski definition) is 8. The van der Waals surface area contributed by atoms with Crippen LogP contribution < -0.4 is 11.5 Å². The van der Waals surface area contributed by atoms with Gasteiger partial charge in [0.1, 0.15) is 12.1 Å². The Kier molecular flexibility index (Phi) is 28.7. The third kappa shape index (κ3) is 28.7. The summed E-state index contributed by atoms with van der Waals surface area (Å²) in [5.74, 6) is -4.60. The minimum absolute atomic E-state index is 0. The Morgan fingerprint density at radius 1 is 0.611 bits per heavy atom. The predicted octanol–water partition coefficient (Wildman–Crippen LogP) is 2.56. The zero-order valence-corrected chi connectivity index (χ0v) is 20.9. The molecule has 12 heteroatoms. The van der Waals surface area contributed by atoms with E-state index in [1.54, 1.807) is 0 Å². The van der Waals surface area contributed by atoms with Gasteiger partial charge in [0.15, 0.2) is 0 Å². The van der Waals surface area contributed by atoms with E-state index in [0.717, 1.165) is 19.3 Å². The van der Waals surface area contributed by atoms with Crippen LogP contribution in [0.5, 0.6) is 0 Å². The van der Waals surface area contributed by atoms with Crippen molar-refractivity contribution < 1.29 is 44.0 Å². The number of unbranched alkanes of at least 4 members (excludes halogenated alkanes) is 10. The fraction of sp³-hybridized carbons (Fsp3) is 0.792. The third-order valence-corrected chi connectivity index (χ3v) is 5.18. The Morgan fingerprint density at radius 3 is 1.36 bits per heavy atom. The first-order valence-electron chi connectivity index (χ1n) is 12.4. The first kappa shape index (κ1) is 39.0. The van der Waals surface area contributed by atoms with Gasteiger partial charge in [0.2, 0.25) is 0 Å². The molecular formula is C24H45N2NaO9. The molecule has 0 spiro atoms. The molecule has 0 aliphatic carbocycles. The molecule has 0 heterocycles. The van der Waals surface area contributed by atoms with Gasteiger partial charge < -0.3 is 31.5 Å². The second kappa shape index (κ2) is 26.5. The average molecular weight is 529 g/mol. The first-order chi connectivity index (χ1) is 16.5. The van der Waals surface area contributed by atoms with E-state index in [4.69, 9.17) is 26.8 Å². The molecule has 0 saturated carbocycles. The number of hydrogen-bond donors (Lipinski definition) is 5. The molecule has 0 radical (unpaired) electrons. The molecule has 2 atom stereocenters. The Morgan fingerprint density at radius 2 is 0.972 bits per heavy atom. The van der Waals surface area contributed by atoms with E-state index in [0.29, 0.717) is 0 Å². The van der Waals surface area contributed by atoms with Crippen molar-refractivity contribution in [1.29, 1.82) is 0 Å². The summed E-state index contributed by atoms with van der Waals surface area (Å²) in [6, 6.07) is -2.16. The second-order valence-electron chi connectivity index (χ2n) is 8.49. The molecule has 0 aromatic rings. The normalized spacial score (nSPS) is 11.8. The molecule has 206 valence electrons. The number of rotatable bonds is 20. The minimum atomic E-state index is -1.17. The Bertz CT molecular complexity index is 633. The van der Waals surface area contributed by atoms with Crippen molar-refractivity contribution in [3.63, 3.8) is 0 Å². The van der Waals surface area contributed by atoms with Crippen LogP contribution in [0, 0.1) is 0 Å². The summed E-state index contributed by atoms with van der Waals surface area (Å²) >= 11 is 0. The molecule has 0 aromatic carbocycles. The maximum absolute atomic E-state index is 11.5. The second-order valence-corrected chi connectivity index (χ2v) is 8.49. The van der Waals surface area contributed by atoms with Gasteiger partial charge in [-0.15, -0.1) is 0 Å². The van der Waals surface area contributed by atoms with E-state index >= 15 is 0 Å². The van der Waals surface area contributed by atoms with E-state index in [1.165, 1.54) is 51.4 Å². The van der Waals surface area contributed by atoms with E-state index in [1.807, 2.05) is 0 Å². The van der Waals surface area contributed by atoms with Gasteiger partial charge in [-0.3, -0.25) is 24.0 Å². The number of carboxylic acid groups (broad SMARTS) is 3. The molecular weight excluding hydrogens is 483 g/mol. The number of nitrogens with two attached hydrogens (primary N) is 2. The summed E-state index contributed by atoms with van der Waals surface area (Å²) in [7, 11) is 0. The predicted molar refractivity (Wildman–Crippen MR) is 137 cm³/mol. The van der Waals surface area contributed by atoms with Crippen LogP contribution in [0.25, 0.3) is 0 Å². The van der Waals surface area contributed by atoms with E-state index in [9.17, 15) is 24.0 Å². The number of carbonyl (C=O) groups is 5. The van der Waals surface area contributed by atoms with Crippen molar-refractivity contribution in [1.82, 2.24) is 0 Å². The summed E-state index contributed by atoms with van der Waals surface area (Å²) in [4.78, 5) is 53.3. The molecule has 0 saturated heterocycles. The van der Waals surface area contributed by atoms with E-state index < -0.39 is 41.9 Å². The van der Waals surface area contributed by atoms with Crippen LogP contribution in [0.3, 0.4) is 0 Å². The van der Waals surface area contributed by atoms with Crippen molar-refractivity contribution in [2.45, 2.75) is 122 Å². The molecule has 0 rings (SSSR count). The number of ether oxygens (including phenoxy) is 1. The van der Waals surface area contributed by atoms with Gasteiger partial charge >= 0.3 is 59.4 Å². The van der Waals surface area contributed by atoms with E-state index in [-0.39, 0.29) is 61.7 Å². The molecule has 0 fully saturated rings. The molecule has 36 heavy (non-hydrogen) atoms. The Balaban J connectivity index is -0.000000834. The fourth-order valence-electron chi connectivity index (χ4n) is 2.96. The summed E-state index contributed by atoms with van der Waals surface area (Å²) in [6.07, 6.45) is 13.0. The van der Waals surface area contributed by atoms with Crippen molar-refractivity contribution >= 4 is 59.4 Å². The molecule has 0 aliphatic rings. The SMILES string of the molecule is CCCCCCCCCCCCCC(=O)OC(=O)CC[C@H](N)C(=O)O.NC(CCC(=O)O)C(=O)O.[NaH]. The standard InChI is InChI=1S/C19H35NO5.C5H9NO4.Na.H/c1-2-3-4-5-6-7-8-9-10-11-12-13-17(21)25-18(22)15-14-16(20)19(23)24;6-3(5(9)10)1-2-4(7)8;;/h16H,2-15,20H2,1H3,(H,23,24);3H,1-2,6H2,(H,7,8)(H,9,10);;/t16-;;;/m0.../s1. The van der Waals surface area contributed by atoms with Crippen LogP contribution >= 0.6 is 0 Å². The Hall–Kier alpha value is -1.53. The van der Waals surface area contributed by atoms with E-state index in [2.05, 4.69) is 11.7 Å². The number of carboxylic acids is 3. The van der Waals surface area contributed by atoms with Crippen LogP contribution in [0.1, 0.15) is 110 Å². The summed E-state index contributed by atoms with van der Waals surface area (Å²) in [5, 5.41) is 24.9. The van der Waals surface area contributed by atoms with Crippen molar-refractivity contribution in [3.05, 3.63) is 0 Å². The molecule has 1 unspecified atom stereocenters. The summed E-state index contributed by atoms with van der Waals surface area (Å²) in [6.45, 7) is 2.22. The number of esters is 2. The maximum atomic E-state index is 11.5. The van der Waals surface area contributed by atoms with Gasteiger partial charge in [0, 0.05) is 19.3 Å². The first-order valence-corrected chi connectivity index (χ1v) is 12.4. The van der Waals surface area contributed by atoms with Crippen LogP contribution in [-0.4, -0.2) is 86.8 Å². The topological polar surface area (TPSA) is 207 Å². The van der Waals surface area contributed by atoms with Gasteiger partial charge in [-0.05, 0) is 19.3 Å².